The van der Waals surface area contributed by atoms with Gasteiger partial charge in [-0.25, -0.2) is 0 Å². The molecule has 4 nitrogen and oxygen atoms in total. The van der Waals surface area contributed by atoms with Crippen molar-refractivity contribution in [3.05, 3.63) is 52.9 Å². The van der Waals surface area contributed by atoms with Gasteiger partial charge in [-0.05, 0) is 43.4 Å². The van der Waals surface area contributed by atoms with E-state index in [1.165, 1.54) is 4.90 Å². The number of rotatable bonds is 3. The normalized spacial score (nSPS) is 16.5. The molecule has 0 bridgehead atoms. The first kappa shape index (κ1) is 14.8. The molecule has 0 aliphatic carbocycles. The Hall–Kier alpha value is -2.11. The van der Waals surface area contributed by atoms with Gasteiger partial charge in [0.15, 0.2) is 5.11 Å². The molecule has 1 aliphatic heterocycles. The molecule has 1 aliphatic rings. The summed E-state index contributed by atoms with van der Waals surface area (Å²) >= 11 is 11.1. The number of hydrogen-bond acceptors (Lipinski definition) is 3. The van der Waals surface area contributed by atoms with Gasteiger partial charge in [0.2, 0.25) is 0 Å². The number of hydrogen-bond donors (Lipinski definition) is 1. The number of nitrogens with one attached hydrogen (secondary N) is 1. The first-order valence-corrected chi connectivity index (χ1v) is 7.57. The fraction of sp³-hybridized carbons (Fsp3) is 0.125. The second kappa shape index (κ2) is 5.94. The number of carbonyl (C=O) groups is 1. The minimum atomic E-state index is -0.145. The molecule has 2 aromatic rings. The van der Waals surface area contributed by atoms with Crippen LogP contribution in [0, 0.1) is 0 Å². The van der Waals surface area contributed by atoms with Gasteiger partial charge in [-0.3, -0.25) is 9.69 Å². The minimum absolute atomic E-state index is 0.145. The second-order valence-electron chi connectivity index (χ2n) is 4.75. The Bertz CT molecular complexity index is 782. The quantitative estimate of drug-likeness (QED) is 0.688. The van der Waals surface area contributed by atoms with Crippen LogP contribution in [0.2, 0.25) is 5.02 Å². The largest absolute Gasteiger partial charge is 0.457 e. The van der Waals surface area contributed by atoms with E-state index in [1.807, 2.05) is 31.2 Å². The van der Waals surface area contributed by atoms with Crippen molar-refractivity contribution in [3.8, 4) is 11.3 Å². The van der Waals surface area contributed by atoms with Crippen LogP contribution in [0.4, 0.5) is 0 Å². The molecule has 6 heteroatoms. The molecule has 22 heavy (non-hydrogen) atoms. The highest BCUT2D eigenvalue weighted by atomic mass is 35.5. The molecular weight excluding hydrogens is 320 g/mol. The molecule has 0 spiro atoms. The van der Waals surface area contributed by atoms with Crippen LogP contribution in [-0.2, 0) is 4.79 Å². The number of furan rings is 1. The van der Waals surface area contributed by atoms with Crippen molar-refractivity contribution in [1.29, 1.82) is 0 Å². The number of benzene rings is 1. The monoisotopic (exact) mass is 332 g/mol. The summed E-state index contributed by atoms with van der Waals surface area (Å²) in [5.41, 5.74) is 1.30. The van der Waals surface area contributed by atoms with Crippen molar-refractivity contribution < 1.29 is 9.21 Å². The number of thiocarbonyl (C=S) groups is 1. The van der Waals surface area contributed by atoms with Crippen molar-refractivity contribution in [3.63, 3.8) is 0 Å². The van der Waals surface area contributed by atoms with Crippen LogP contribution >= 0.6 is 23.8 Å². The lowest BCUT2D eigenvalue weighted by atomic mass is 10.2. The van der Waals surface area contributed by atoms with E-state index in [4.69, 9.17) is 28.2 Å². The molecule has 1 fully saturated rings. The molecule has 0 unspecified atom stereocenters. The predicted molar refractivity (Wildman–Crippen MR) is 90.3 cm³/mol. The smallest absolute Gasteiger partial charge is 0.276 e. The van der Waals surface area contributed by atoms with Crippen LogP contribution in [0.3, 0.4) is 0 Å². The molecule has 1 aromatic heterocycles. The molecule has 1 aromatic carbocycles. The van der Waals surface area contributed by atoms with Gasteiger partial charge in [0.1, 0.15) is 17.2 Å². The van der Waals surface area contributed by atoms with Crippen LogP contribution in [0.15, 0.2) is 46.5 Å². The number of halogens is 1. The van der Waals surface area contributed by atoms with Gasteiger partial charge in [-0.1, -0.05) is 23.7 Å². The zero-order valence-corrected chi connectivity index (χ0v) is 13.4. The van der Waals surface area contributed by atoms with Gasteiger partial charge in [-0.15, -0.1) is 0 Å². The van der Waals surface area contributed by atoms with Crippen molar-refractivity contribution in [1.82, 2.24) is 10.2 Å². The van der Waals surface area contributed by atoms with E-state index >= 15 is 0 Å². The van der Waals surface area contributed by atoms with Crippen LogP contribution < -0.4 is 5.32 Å². The summed E-state index contributed by atoms with van der Waals surface area (Å²) < 4.78 is 5.75. The fourth-order valence-electron chi connectivity index (χ4n) is 2.23. The summed E-state index contributed by atoms with van der Waals surface area (Å²) in [4.78, 5) is 13.6. The Balaban J connectivity index is 1.88. The maximum absolute atomic E-state index is 12.1. The molecule has 1 saturated heterocycles. The number of carbonyl (C=O) groups excluding carboxylic acids is 1. The average Bonchev–Trinajstić information content (AvgIpc) is 3.05. The summed E-state index contributed by atoms with van der Waals surface area (Å²) in [6, 6.07) is 11.0. The Kier molecular flexibility index (Phi) is 4.00. The van der Waals surface area contributed by atoms with Gasteiger partial charge < -0.3 is 9.73 Å². The standard InChI is InChI=1S/C16H13ClN2O2S/c1-2-19-15(20)13(18-16(19)22)9-12-6-7-14(21-12)10-4-3-5-11(17)8-10/h3-9H,2H2,1H3,(H,18,22)/b13-9-. The first-order chi connectivity index (χ1) is 10.6. The van der Waals surface area contributed by atoms with E-state index in [9.17, 15) is 4.79 Å². The lowest BCUT2D eigenvalue weighted by molar-refractivity contribution is -0.122. The van der Waals surface area contributed by atoms with Crippen molar-refractivity contribution >= 4 is 40.9 Å². The number of amides is 1. The summed E-state index contributed by atoms with van der Waals surface area (Å²) in [6.07, 6.45) is 1.65. The fourth-order valence-corrected chi connectivity index (χ4v) is 2.74. The SMILES string of the molecule is CCN1C(=O)/C(=C/c2ccc(-c3cccc(Cl)c3)o2)NC1=S. The second-order valence-corrected chi connectivity index (χ2v) is 5.57. The van der Waals surface area contributed by atoms with E-state index < -0.39 is 0 Å². The van der Waals surface area contributed by atoms with Gasteiger partial charge >= 0.3 is 0 Å². The molecule has 1 N–H and O–H groups in total. The molecule has 0 atom stereocenters. The zero-order chi connectivity index (χ0) is 15.7. The third kappa shape index (κ3) is 2.77. The van der Waals surface area contributed by atoms with Crippen LogP contribution in [0.5, 0.6) is 0 Å². The lowest BCUT2D eigenvalue weighted by Gasteiger charge is -2.08. The highest BCUT2D eigenvalue weighted by molar-refractivity contribution is 7.80. The highest BCUT2D eigenvalue weighted by Gasteiger charge is 2.29. The van der Waals surface area contributed by atoms with E-state index in [-0.39, 0.29) is 5.91 Å². The van der Waals surface area contributed by atoms with Crippen molar-refractivity contribution in [2.45, 2.75) is 6.92 Å². The summed E-state index contributed by atoms with van der Waals surface area (Å²) in [6.45, 7) is 2.41. The van der Waals surface area contributed by atoms with Crippen LogP contribution in [0.25, 0.3) is 17.4 Å². The third-order valence-electron chi connectivity index (χ3n) is 3.30. The Labute approximate surface area is 138 Å². The number of likely N-dealkylation sites (N-methyl/N-ethyl adjacent to an activating group) is 1. The average molecular weight is 333 g/mol. The van der Waals surface area contributed by atoms with Gasteiger partial charge in [-0.2, -0.15) is 0 Å². The zero-order valence-electron chi connectivity index (χ0n) is 11.8. The highest BCUT2D eigenvalue weighted by Crippen LogP contribution is 2.26. The molecule has 112 valence electrons. The molecule has 0 radical (unpaired) electrons. The summed E-state index contributed by atoms with van der Waals surface area (Å²) in [5, 5.41) is 3.96. The Morgan fingerprint density at radius 1 is 1.36 bits per heavy atom. The van der Waals surface area contributed by atoms with Crippen molar-refractivity contribution in [2.24, 2.45) is 0 Å². The maximum Gasteiger partial charge on any atom is 0.276 e. The van der Waals surface area contributed by atoms with Crippen LogP contribution in [0.1, 0.15) is 12.7 Å². The van der Waals surface area contributed by atoms with E-state index in [2.05, 4.69) is 5.32 Å². The third-order valence-corrected chi connectivity index (χ3v) is 3.86. The van der Waals surface area contributed by atoms with E-state index in [0.29, 0.717) is 33.9 Å². The molecule has 3 rings (SSSR count). The van der Waals surface area contributed by atoms with E-state index in [1.54, 1.807) is 18.2 Å². The topological polar surface area (TPSA) is 45.5 Å². The Morgan fingerprint density at radius 3 is 2.86 bits per heavy atom. The van der Waals surface area contributed by atoms with Crippen LogP contribution in [-0.4, -0.2) is 22.5 Å². The molecule has 2 heterocycles. The summed E-state index contributed by atoms with van der Waals surface area (Å²) in [7, 11) is 0. The Morgan fingerprint density at radius 2 is 2.18 bits per heavy atom. The maximum atomic E-state index is 12.1. The molecule has 1 amide bonds. The first-order valence-electron chi connectivity index (χ1n) is 6.79. The number of nitrogens with zero attached hydrogens (tertiary/aromatic N) is 1. The van der Waals surface area contributed by atoms with E-state index in [0.717, 1.165) is 5.56 Å². The van der Waals surface area contributed by atoms with Gasteiger partial charge in [0.05, 0.1) is 0 Å². The molecule has 0 saturated carbocycles. The lowest BCUT2D eigenvalue weighted by Crippen LogP contribution is -2.30. The summed E-state index contributed by atoms with van der Waals surface area (Å²) in [5.74, 6) is 1.12. The van der Waals surface area contributed by atoms with Gasteiger partial charge in [0, 0.05) is 23.2 Å². The van der Waals surface area contributed by atoms with Gasteiger partial charge in [0.25, 0.3) is 5.91 Å². The predicted octanol–water partition coefficient (Wildman–Crippen LogP) is 3.68. The minimum Gasteiger partial charge on any atom is -0.457 e. The van der Waals surface area contributed by atoms with Crippen molar-refractivity contribution in [2.75, 3.05) is 6.54 Å². The molecular formula is C16H13ClN2O2S.